The van der Waals surface area contributed by atoms with Crippen LogP contribution in [0.1, 0.15) is 5.56 Å². The van der Waals surface area contributed by atoms with E-state index in [9.17, 15) is 14.9 Å². The molecule has 0 amide bonds. The zero-order valence-electron chi connectivity index (χ0n) is 9.35. The standard InChI is InChI=1S/C12H10N2O4/c15-12(13-7-1-2-8-13)18-9-10-3-5-11(6-4-10)14(16)17/h1-8H,9H2. The number of ether oxygens (including phenoxy) is 1. The fraction of sp³-hybridized carbons (Fsp3) is 0.0833. The van der Waals surface area contributed by atoms with Crippen LogP contribution in [0.25, 0.3) is 0 Å². The van der Waals surface area contributed by atoms with Gasteiger partial charge in [-0.25, -0.2) is 4.79 Å². The van der Waals surface area contributed by atoms with Crippen molar-refractivity contribution in [2.24, 2.45) is 0 Å². The Morgan fingerprint density at radius 1 is 1.22 bits per heavy atom. The molecule has 0 bridgehead atoms. The number of carbonyl (C=O) groups excluding carboxylic acids is 1. The molecule has 18 heavy (non-hydrogen) atoms. The van der Waals surface area contributed by atoms with Gasteiger partial charge in [-0.2, -0.15) is 0 Å². The fourth-order valence-electron chi connectivity index (χ4n) is 1.39. The van der Waals surface area contributed by atoms with Gasteiger partial charge in [-0.15, -0.1) is 0 Å². The smallest absolute Gasteiger partial charge is 0.418 e. The molecule has 1 aromatic heterocycles. The summed E-state index contributed by atoms with van der Waals surface area (Å²) in [5, 5.41) is 10.5. The van der Waals surface area contributed by atoms with Crippen LogP contribution in [0, 0.1) is 10.1 Å². The number of rotatable bonds is 3. The molecular weight excluding hydrogens is 236 g/mol. The van der Waals surface area contributed by atoms with Crippen molar-refractivity contribution in [3.8, 4) is 0 Å². The highest BCUT2D eigenvalue weighted by Crippen LogP contribution is 2.12. The Kier molecular flexibility index (Phi) is 3.38. The molecule has 1 heterocycles. The summed E-state index contributed by atoms with van der Waals surface area (Å²) >= 11 is 0. The Balaban J connectivity index is 1.94. The first-order valence-electron chi connectivity index (χ1n) is 5.20. The van der Waals surface area contributed by atoms with Crippen molar-refractivity contribution in [2.45, 2.75) is 6.61 Å². The Labute approximate surface area is 103 Å². The van der Waals surface area contributed by atoms with E-state index in [-0.39, 0.29) is 12.3 Å². The first-order valence-corrected chi connectivity index (χ1v) is 5.20. The summed E-state index contributed by atoms with van der Waals surface area (Å²) in [6, 6.07) is 9.29. The lowest BCUT2D eigenvalue weighted by molar-refractivity contribution is -0.384. The molecule has 6 heteroatoms. The van der Waals surface area contributed by atoms with Crippen molar-refractivity contribution in [2.75, 3.05) is 0 Å². The van der Waals surface area contributed by atoms with E-state index in [2.05, 4.69) is 0 Å². The molecule has 0 unspecified atom stereocenters. The third-order valence-corrected chi connectivity index (χ3v) is 2.32. The molecule has 0 spiro atoms. The highest BCUT2D eigenvalue weighted by atomic mass is 16.6. The molecule has 1 aromatic carbocycles. The van der Waals surface area contributed by atoms with E-state index in [0.717, 1.165) is 0 Å². The summed E-state index contributed by atoms with van der Waals surface area (Å²) in [5.41, 5.74) is 0.705. The average molecular weight is 246 g/mol. The first-order chi connectivity index (χ1) is 8.66. The number of aromatic nitrogens is 1. The number of hydrogen-bond acceptors (Lipinski definition) is 4. The van der Waals surface area contributed by atoms with Crippen LogP contribution in [-0.2, 0) is 11.3 Å². The van der Waals surface area contributed by atoms with E-state index < -0.39 is 11.0 Å². The van der Waals surface area contributed by atoms with Crippen LogP contribution in [0.15, 0.2) is 48.8 Å². The van der Waals surface area contributed by atoms with Crippen LogP contribution in [0.5, 0.6) is 0 Å². The summed E-state index contributed by atoms with van der Waals surface area (Å²) in [5.74, 6) is 0. The first kappa shape index (κ1) is 11.8. The molecule has 0 aliphatic carbocycles. The fourth-order valence-corrected chi connectivity index (χ4v) is 1.39. The van der Waals surface area contributed by atoms with E-state index >= 15 is 0 Å². The highest BCUT2D eigenvalue weighted by Gasteiger charge is 2.07. The Morgan fingerprint density at radius 3 is 2.39 bits per heavy atom. The molecule has 0 radical (unpaired) electrons. The van der Waals surface area contributed by atoms with Gasteiger partial charge in [-0.05, 0) is 29.8 Å². The third-order valence-electron chi connectivity index (χ3n) is 2.32. The van der Waals surface area contributed by atoms with Crippen LogP contribution in [0.4, 0.5) is 10.5 Å². The van der Waals surface area contributed by atoms with Gasteiger partial charge in [0.05, 0.1) is 4.92 Å². The summed E-state index contributed by atoms with van der Waals surface area (Å²) in [7, 11) is 0. The third kappa shape index (κ3) is 2.73. The van der Waals surface area contributed by atoms with Crippen LogP contribution in [-0.4, -0.2) is 15.6 Å². The lowest BCUT2D eigenvalue weighted by Crippen LogP contribution is -2.11. The minimum atomic E-state index is -0.488. The molecule has 0 fully saturated rings. The molecule has 0 aliphatic rings. The summed E-state index contributed by atoms with van der Waals surface area (Å²) < 4.78 is 6.34. The van der Waals surface area contributed by atoms with Crippen molar-refractivity contribution in [3.63, 3.8) is 0 Å². The zero-order valence-corrected chi connectivity index (χ0v) is 9.35. The van der Waals surface area contributed by atoms with Gasteiger partial charge in [0.15, 0.2) is 0 Å². The number of nitro groups is 1. The van der Waals surface area contributed by atoms with Gasteiger partial charge < -0.3 is 4.74 Å². The maximum absolute atomic E-state index is 11.5. The van der Waals surface area contributed by atoms with Crippen molar-refractivity contribution in [1.82, 2.24) is 4.57 Å². The van der Waals surface area contributed by atoms with Gasteiger partial charge in [0.1, 0.15) is 6.61 Å². The summed E-state index contributed by atoms with van der Waals surface area (Å²) in [6.07, 6.45) is 2.68. The van der Waals surface area contributed by atoms with Gasteiger partial charge in [-0.3, -0.25) is 14.7 Å². The molecule has 0 N–H and O–H groups in total. The molecule has 92 valence electrons. The maximum atomic E-state index is 11.5. The predicted octanol–water partition coefficient (Wildman–Crippen LogP) is 2.58. The monoisotopic (exact) mass is 246 g/mol. The summed E-state index contributed by atoms with van der Waals surface area (Å²) in [4.78, 5) is 21.5. The molecule has 2 aromatic rings. The van der Waals surface area contributed by atoms with E-state index in [4.69, 9.17) is 4.74 Å². The predicted molar refractivity (Wildman–Crippen MR) is 63.1 cm³/mol. The molecule has 2 rings (SSSR count). The second kappa shape index (κ2) is 5.13. The SMILES string of the molecule is O=C(OCc1ccc([N+](=O)[O-])cc1)n1cccc1. The summed E-state index contributed by atoms with van der Waals surface area (Å²) in [6.45, 7) is 0.0784. The second-order valence-corrected chi connectivity index (χ2v) is 3.57. The van der Waals surface area contributed by atoms with Crippen molar-refractivity contribution >= 4 is 11.8 Å². The van der Waals surface area contributed by atoms with Crippen LogP contribution in [0.2, 0.25) is 0 Å². The van der Waals surface area contributed by atoms with Crippen LogP contribution in [0.3, 0.4) is 0 Å². The van der Waals surface area contributed by atoms with Gasteiger partial charge in [-0.1, -0.05) is 0 Å². The molecule has 0 saturated heterocycles. The van der Waals surface area contributed by atoms with E-state index in [0.29, 0.717) is 5.56 Å². The maximum Gasteiger partial charge on any atom is 0.418 e. The van der Waals surface area contributed by atoms with Crippen LogP contribution >= 0.6 is 0 Å². The van der Waals surface area contributed by atoms with Gasteiger partial charge >= 0.3 is 6.09 Å². The topological polar surface area (TPSA) is 74.4 Å². The normalized spacial score (nSPS) is 10.0. The molecule has 6 nitrogen and oxygen atoms in total. The van der Waals surface area contributed by atoms with E-state index in [1.165, 1.54) is 16.7 Å². The van der Waals surface area contributed by atoms with Gasteiger partial charge in [0.2, 0.25) is 0 Å². The number of non-ortho nitro benzene ring substituents is 1. The Hall–Kier alpha value is -2.63. The number of nitro benzene ring substituents is 1. The lowest BCUT2D eigenvalue weighted by atomic mass is 10.2. The number of hydrogen-bond donors (Lipinski definition) is 0. The minimum absolute atomic E-state index is 0.00971. The van der Waals surface area contributed by atoms with Crippen LogP contribution < -0.4 is 0 Å². The van der Waals surface area contributed by atoms with Crippen molar-refractivity contribution in [1.29, 1.82) is 0 Å². The average Bonchev–Trinajstić information content (AvgIpc) is 2.90. The number of nitrogens with zero attached hydrogens (tertiary/aromatic N) is 2. The highest BCUT2D eigenvalue weighted by molar-refractivity contribution is 5.70. The van der Waals surface area contributed by atoms with Gasteiger partial charge in [0, 0.05) is 24.5 Å². The zero-order chi connectivity index (χ0) is 13.0. The van der Waals surface area contributed by atoms with Crippen molar-refractivity contribution < 1.29 is 14.5 Å². The molecule has 0 atom stereocenters. The second-order valence-electron chi connectivity index (χ2n) is 3.57. The number of benzene rings is 1. The molecule has 0 aliphatic heterocycles. The number of carbonyl (C=O) groups is 1. The Morgan fingerprint density at radius 2 is 1.83 bits per heavy atom. The lowest BCUT2D eigenvalue weighted by Gasteiger charge is -2.04. The largest absolute Gasteiger partial charge is 0.444 e. The Bertz CT molecular complexity index is 546. The molecule has 0 saturated carbocycles. The quantitative estimate of drug-likeness (QED) is 0.616. The minimum Gasteiger partial charge on any atom is -0.444 e. The van der Waals surface area contributed by atoms with Crippen molar-refractivity contribution in [3.05, 3.63) is 64.5 Å². The van der Waals surface area contributed by atoms with Gasteiger partial charge in [0.25, 0.3) is 5.69 Å². The van der Waals surface area contributed by atoms with E-state index in [1.807, 2.05) is 0 Å². The molecular formula is C12H10N2O4. The van der Waals surface area contributed by atoms with E-state index in [1.54, 1.807) is 36.7 Å².